The average molecular weight is 274 g/mol. The van der Waals surface area contributed by atoms with Gasteiger partial charge in [0.15, 0.2) is 0 Å². The molecule has 2 heterocycles. The van der Waals surface area contributed by atoms with E-state index in [0.717, 1.165) is 39.0 Å². The van der Waals surface area contributed by atoms with Crippen LogP contribution in [-0.4, -0.2) is 42.5 Å². The molecule has 18 heavy (non-hydrogen) atoms. The first-order valence-corrected chi connectivity index (χ1v) is 7.78. The van der Waals surface area contributed by atoms with Crippen LogP contribution in [-0.2, 0) is 9.53 Å². The first-order valence-electron chi connectivity index (χ1n) is 7.25. The van der Waals surface area contributed by atoms with Gasteiger partial charge in [-0.2, -0.15) is 0 Å². The summed E-state index contributed by atoms with van der Waals surface area (Å²) in [4.78, 5) is 14.1. The summed E-state index contributed by atoms with van der Waals surface area (Å²) in [6.07, 6.45) is 7.65. The molecule has 2 rings (SSSR count). The zero-order valence-electron chi connectivity index (χ0n) is 11.1. The number of halogens is 1. The molecule has 0 radical (unpaired) electrons. The summed E-state index contributed by atoms with van der Waals surface area (Å²) in [7, 11) is 0. The van der Waals surface area contributed by atoms with Gasteiger partial charge in [0.1, 0.15) is 0 Å². The van der Waals surface area contributed by atoms with Crippen LogP contribution in [0.1, 0.15) is 44.9 Å². The number of hydrogen-bond donors (Lipinski definition) is 0. The molecular weight excluding hydrogens is 250 g/mol. The highest BCUT2D eigenvalue weighted by atomic mass is 35.5. The number of carbonyl (C=O) groups excluding carboxylic acids is 1. The monoisotopic (exact) mass is 273 g/mol. The Bertz CT molecular complexity index is 267. The van der Waals surface area contributed by atoms with Gasteiger partial charge in [0.25, 0.3) is 0 Å². The van der Waals surface area contributed by atoms with E-state index >= 15 is 0 Å². The number of likely N-dealkylation sites (tertiary alicyclic amines) is 1. The zero-order chi connectivity index (χ0) is 12.8. The van der Waals surface area contributed by atoms with Crippen LogP contribution in [0.4, 0.5) is 0 Å². The number of carbonyl (C=O) groups is 1. The van der Waals surface area contributed by atoms with Crippen molar-refractivity contribution >= 4 is 17.5 Å². The Balaban J connectivity index is 1.70. The molecule has 0 N–H and O–H groups in total. The normalized spacial score (nSPS) is 29.3. The van der Waals surface area contributed by atoms with Crippen LogP contribution in [0.15, 0.2) is 0 Å². The maximum absolute atomic E-state index is 12.1. The molecule has 2 atom stereocenters. The Morgan fingerprint density at radius 3 is 2.89 bits per heavy atom. The minimum absolute atomic E-state index is 0.291. The van der Waals surface area contributed by atoms with Crippen LogP contribution >= 0.6 is 11.6 Å². The third kappa shape index (κ3) is 4.13. The van der Waals surface area contributed by atoms with E-state index in [1.807, 2.05) is 4.90 Å². The summed E-state index contributed by atoms with van der Waals surface area (Å²) in [5.74, 6) is 1.46. The second-order valence-corrected chi connectivity index (χ2v) is 5.84. The number of hydrogen-bond acceptors (Lipinski definition) is 2. The van der Waals surface area contributed by atoms with Crippen LogP contribution in [0.2, 0.25) is 0 Å². The number of nitrogens with zero attached hydrogens (tertiary/aromatic N) is 1. The first kappa shape index (κ1) is 14.1. The third-order valence-electron chi connectivity index (χ3n) is 4.04. The quantitative estimate of drug-likeness (QED) is 0.737. The van der Waals surface area contributed by atoms with E-state index in [9.17, 15) is 4.79 Å². The molecule has 0 aromatic rings. The highest BCUT2D eigenvalue weighted by Crippen LogP contribution is 2.21. The van der Waals surface area contributed by atoms with Crippen LogP contribution in [0.3, 0.4) is 0 Å². The molecule has 2 aliphatic heterocycles. The van der Waals surface area contributed by atoms with Crippen molar-refractivity contribution in [3.05, 3.63) is 0 Å². The number of amides is 1. The largest absolute Gasteiger partial charge is 0.378 e. The van der Waals surface area contributed by atoms with Crippen molar-refractivity contribution in [2.24, 2.45) is 5.92 Å². The van der Waals surface area contributed by atoms with Crippen LogP contribution in [0, 0.1) is 5.92 Å². The molecular formula is C14H24ClNO2. The Labute approximate surface area is 115 Å². The highest BCUT2D eigenvalue weighted by molar-refractivity contribution is 6.18. The van der Waals surface area contributed by atoms with Crippen molar-refractivity contribution in [1.29, 1.82) is 0 Å². The van der Waals surface area contributed by atoms with Crippen molar-refractivity contribution in [3.8, 4) is 0 Å². The molecule has 0 bridgehead atoms. The number of ether oxygens (including phenoxy) is 1. The van der Waals surface area contributed by atoms with Crippen molar-refractivity contribution in [2.45, 2.75) is 51.0 Å². The average Bonchev–Trinajstić information content (AvgIpc) is 2.46. The summed E-state index contributed by atoms with van der Waals surface area (Å²) in [5, 5.41) is 0. The molecule has 1 amide bonds. The van der Waals surface area contributed by atoms with Crippen LogP contribution in [0.25, 0.3) is 0 Å². The summed E-state index contributed by atoms with van der Waals surface area (Å²) < 4.78 is 5.67. The molecule has 3 nitrogen and oxygen atoms in total. The van der Waals surface area contributed by atoms with E-state index in [4.69, 9.17) is 16.3 Å². The lowest BCUT2D eigenvalue weighted by Crippen LogP contribution is -2.40. The molecule has 0 spiro atoms. The van der Waals surface area contributed by atoms with Gasteiger partial charge in [0.2, 0.25) is 5.91 Å². The maximum atomic E-state index is 12.1. The predicted octanol–water partition coefficient (Wildman–Crippen LogP) is 2.81. The molecule has 0 aromatic carbocycles. The van der Waals surface area contributed by atoms with Gasteiger partial charge in [0.05, 0.1) is 6.10 Å². The lowest BCUT2D eigenvalue weighted by molar-refractivity contribution is -0.133. The third-order valence-corrected chi connectivity index (χ3v) is 4.48. The minimum Gasteiger partial charge on any atom is -0.378 e. The molecule has 0 aliphatic carbocycles. The van der Waals surface area contributed by atoms with Gasteiger partial charge in [-0.25, -0.2) is 0 Å². The SMILES string of the molecule is O=C(CCC1CCCCO1)N1CCCC(CCl)C1. The van der Waals surface area contributed by atoms with Gasteiger partial charge in [0, 0.05) is 32.0 Å². The van der Waals surface area contributed by atoms with Crippen LogP contribution < -0.4 is 0 Å². The van der Waals surface area contributed by atoms with Crippen molar-refractivity contribution in [2.75, 3.05) is 25.6 Å². The summed E-state index contributed by atoms with van der Waals surface area (Å²) >= 11 is 5.89. The molecule has 0 saturated carbocycles. The van der Waals surface area contributed by atoms with Crippen molar-refractivity contribution in [1.82, 2.24) is 4.90 Å². The first-order chi connectivity index (χ1) is 8.79. The Morgan fingerprint density at radius 1 is 1.28 bits per heavy atom. The van der Waals surface area contributed by atoms with E-state index in [2.05, 4.69) is 0 Å². The Hall–Kier alpha value is -0.280. The molecule has 2 saturated heterocycles. The van der Waals surface area contributed by atoms with Gasteiger partial charge < -0.3 is 9.64 Å². The fraction of sp³-hybridized carbons (Fsp3) is 0.929. The zero-order valence-corrected chi connectivity index (χ0v) is 11.8. The van der Waals surface area contributed by atoms with Crippen LogP contribution in [0.5, 0.6) is 0 Å². The molecule has 4 heteroatoms. The smallest absolute Gasteiger partial charge is 0.222 e. The maximum Gasteiger partial charge on any atom is 0.222 e. The van der Waals surface area contributed by atoms with E-state index in [1.165, 1.54) is 19.3 Å². The lowest BCUT2D eigenvalue weighted by atomic mass is 9.99. The molecule has 0 aromatic heterocycles. The van der Waals surface area contributed by atoms with Crippen molar-refractivity contribution < 1.29 is 9.53 Å². The van der Waals surface area contributed by atoms with E-state index in [1.54, 1.807) is 0 Å². The number of alkyl halides is 1. The summed E-state index contributed by atoms with van der Waals surface area (Å²) in [6, 6.07) is 0. The highest BCUT2D eigenvalue weighted by Gasteiger charge is 2.24. The van der Waals surface area contributed by atoms with Gasteiger partial charge in [-0.3, -0.25) is 4.79 Å². The molecule has 2 unspecified atom stereocenters. The molecule has 2 aliphatic rings. The van der Waals surface area contributed by atoms with Gasteiger partial charge in [-0.1, -0.05) is 0 Å². The molecule has 104 valence electrons. The second kappa shape index (κ2) is 7.34. The second-order valence-electron chi connectivity index (χ2n) is 5.53. The number of rotatable bonds is 4. The van der Waals surface area contributed by atoms with Gasteiger partial charge in [-0.05, 0) is 44.4 Å². The minimum atomic E-state index is 0.291. The Kier molecular flexibility index (Phi) is 5.77. The topological polar surface area (TPSA) is 29.5 Å². The standard InChI is InChI=1S/C14H24ClNO2/c15-10-12-4-3-8-16(11-12)14(17)7-6-13-5-1-2-9-18-13/h12-13H,1-11H2. The molecule has 2 fully saturated rings. The predicted molar refractivity (Wildman–Crippen MR) is 72.8 cm³/mol. The lowest BCUT2D eigenvalue weighted by Gasteiger charge is -2.32. The fourth-order valence-electron chi connectivity index (χ4n) is 2.90. The van der Waals surface area contributed by atoms with Crippen molar-refractivity contribution in [3.63, 3.8) is 0 Å². The van der Waals surface area contributed by atoms with E-state index in [0.29, 0.717) is 30.2 Å². The number of piperidine rings is 1. The fourth-order valence-corrected chi connectivity index (χ4v) is 3.15. The van der Waals surface area contributed by atoms with E-state index in [-0.39, 0.29) is 0 Å². The van der Waals surface area contributed by atoms with Gasteiger partial charge >= 0.3 is 0 Å². The van der Waals surface area contributed by atoms with E-state index < -0.39 is 0 Å². The Morgan fingerprint density at radius 2 is 2.17 bits per heavy atom. The van der Waals surface area contributed by atoms with Gasteiger partial charge in [-0.15, -0.1) is 11.6 Å². The summed E-state index contributed by atoms with van der Waals surface area (Å²) in [5.41, 5.74) is 0. The summed E-state index contributed by atoms with van der Waals surface area (Å²) in [6.45, 7) is 2.64.